The van der Waals surface area contributed by atoms with Crippen molar-refractivity contribution in [3.63, 3.8) is 0 Å². The molecule has 1 atom stereocenters. The zero-order chi connectivity index (χ0) is 13.7. The van der Waals surface area contributed by atoms with Crippen LogP contribution >= 0.6 is 0 Å². The smallest absolute Gasteiger partial charge is 0.164 e. The largest absolute Gasteiger partial charge is 0.294 e. The van der Waals surface area contributed by atoms with Gasteiger partial charge in [0, 0.05) is 12.0 Å². The molecule has 94 valence electrons. The first-order valence-corrected chi connectivity index (χ1v) is 6.25. The Balaban J connectivity index is 2.17. The average Bonchev–Trinajstić information content (AvgIpc) is 2.45. The summed E-state index contributed by atoms with van der Waals surface area (Å²) < 4.78 is 0. The summed E-state index contributed by atoms with van der Waals surface area (Å²) in [4.78, 5) is 12.1. The Morgan fingerprint density at radius 2 is 1.89 bits per heavy atom. The second-order valence-corrected chi connectivity index (χ2v) is 4.59. The van der Waals surface area contributed by atoms with Crippen molar-refractivity contribution in [3.8, 4) is 6.07 Å². The summed E-state index contributed by atoms with van der Waals surface area (Å²) in [7, 11) is 0. The van der Waals surface area contributed by atoms with E-state index in [-0.39, 0.29) is 18.1 Å². The Morgan fingerprint density at radius 1 is 1.16 bits per heavy atom. The lowest BCUT2D eigenvalue weighted by Gasteiger charge is -2.09. The number of Topliss-reactive ketones (excluding diaryl/α,β-unsaturated/α-hetero) is 1. The van der Waals surface area contributed by atoms with Crippen LogP contribution in [0.25, 0.3) is 0 Å². The third-order valence-corrected chi connectivity index (χ3v) is 3.09. The van der Waals surface area contributed by atoms with Crippen molar-refractivity contribution in [2.75, 3.05) is 0 Å². The lowest BCUT2D eigenvalue weighted by atomic mass is 9.92. The molecule has 0 saturated carbocycles. The van der Waals surface area contributed by atoms with Gasteiger partial charge in [0.2, 0.25) is 0 Å². The number of carbonyl (C=O) groups excluding carboxylic acids is 1. The van der Waals surface area contributed by atoms with Crippen molar-refractivity contribution < 1.29 is 4.79 Å². The van der Waals surface area contributed by atoms with Crippen LogP contribution in [0.3, 0.4) is 0 Å². The van der Waals surface area contributed by atoms with E-state index in [0.717, 1.165) is 11.1 Å². The molecule has 0 bridgehead atoms. The number of benzene rings is 2. The third kappa shape index (κ3) is 3.29. The number of ketones is 1. The number of carbonyl (C=O) groups is 1. The minimum absolute atomic E-state index is 0.00801. The van der Waals surface area contributed by atoms with E-state index in [9.17, 15) is 10.1 Å². The summed E-state index contributed by atoms with van der Waals surface area (Å²) in [6.07, 6.45) is 0.226. The van der Waals surface area contributed by atoms with Gasteiger partial charge in [-0.2, -0.15) is 5.26 Å². The van der Waals surface area contributed by atoms with Crippen molar-refractivity contribution in [2.24, 2.45) is 0 Å². The second kappa shape index (κ2) is 5.97. The summed E-state index contributed by atoms with van der Waals surface area (Å²) >= 11 is 0. The molecule has 2 aromatic rings. The first kappa shape index (κ1) is 13.0. The number of hydrogen-bond donors (Lipinski definition) is 0. The van der Waals surface area contributed by atoms with Crippen molar-refractivity contribution in [1.29, 1.82) is 5.26 Å². The van der Waals surface area contributed by atoms with Crippen molar-refractivity contribution >= 4 is 5.78 Å². The molecule has 0 unspecified atom stereocenters. The minimum atomic E-state index is -0.382. The van der Waals surface area contributed by atoms with Gasteiger partial charge in [-0.15, -0.1) is 0 Å². The second-order valence-electron chi connectivity index (χ2n) is 4.59. The van der Waals surface area contributed by atoms with Gasteiger partial charge < -0.3 is 0 Å². The summed E-state index contributed by atoms with van der Waals surface area (Å²) in [6, 6.07) is 19.1. The zero-order valence-electron chi connectivity index (χ0n) is 10.8. The molecule has 0 saturated heterocycles. The Bertz CT molecular complexity index is 611. The van der Waals surface area contributed by atoms with Crippen molar-refractivity contribution in [1.82, 2.24) is 0 Å². The monoisotopic (exact) mass is 249 g/mol. The highest BCUT2D eigenvalue weighted by Gasteiger charge is 2.16. The van der Waals surface area contributed by atoms with Gasteiger partial charge in [-0.3, -0.25) is 4.79 Å². The van der Waals surface area contributed by atoms with Gasteiger partial charge in [-0.05, 0) is 12.5 Å². The SMILES string of the molecule is Cc1cccc([C@H](C#N)CC(=O)c2ccccc2)c1. The highest BCUT2D eigenvalue weighted by Crippen LogP contribution is 2.22. The molecular formula is C17H15NO. The average molecular weight is 249 g/mol. The van der Waals surface area contributed by atoms with Crippen LogP contribution in [0, 0.1) is 18.3 Å². The van der Waals surface area contributed by atoms with Gasteiger partial charge in [0.1, 0.15) is 0 Å². The fourth-order valence-electron chi connectivity index (χ4n) is 2.05. The highest BCUT2D eigenvalue weighted by atomic mass is 16.1. The molecule has 2 rings (SSSR count). The van der Waals surface area contributed by atoms with E-state index < -0.39 is 0 Å². The van der Waals surface area contributed by atoms with Crippen LogP contribution < -0.4 is 0 Å². The maximum atomic E-state index is 12.1. The van der Waals surface area contributed by atoms with Crippen LogP contribution in [0.2, 0.25) is 0 Å². The fraction of sp³-hybridized carbons (Fsp3) is 0.176. The molecule has 0 N–H and O–H groups in total. The molecule has 0 radical (unpaired) electrons. The molecule has 0 amide bonds. The lowest BCUT2D eigenvalue weighted by molar-refractivity contribution is 0.0979. The quantitative estimate of drug-likeness (QED) is 0.772. The first-order chi connectivity index (χ1) is 9.20. The van der Waals surface area contributed by atoms with Crippen molar-refractivity contribution in [3.05, 3.63) is 71.3 Å². The molecule has 19 heavy (non-hydrogen) atoms. The molecule has 0 aromatic heterocycles. The van der Waals surface area contributed by atoms with Gasteiger partial charge in [0.15, 0.2) is 5.78 Å². The van der Waals surface area contributed by atoms with E-state index in [1.54, 1.807) is 12.1 Å². The van der Waals surface area contributed by atoms with E-state index in [1.807, 2.05) is 49.4 Å². The third-order valence-electron chi connectivity index (χ3n) is 3.09. The van der Waals surface area contributed by atoms with Crippen LogP contribution in [0.4, 0.5) is 0 Å². The summed E-state index contributed by atoms with van der Waals surface area (Å²) in [6.45, 7) is 1.98. The minimum Gasteiger partial charge on any atom is -0.294 e. The maximum absolute atomic E-state index is 12.1. The Labute approximate surface area is 113 Å². The highest BCUT2D eigenvalue weighted by molar-refractivity contribution is 5.96. The number of nitrogens with zero attached hydrogens (tertiary/aromatic N) is 1. The van der Waals surface area contributed by atoms with E-state index >= 15 is 0 Å². The molecule has 0 aliphatic carbocycles. The van der Waals surface area contributed by atoms with Crippen LogP contribution in [0.5, 0.6) is 0 Å². The van der Waals surface area contributed by atoms with Gasteiger partial charge in [0.25, 0.3) is 0 Å². The predicted octanol–water partition coefficient (Wildman–Crippen LogP) is 3.88. The molecule has 2 aromatic carbocycles. The summed E-state index contributed by atoms with van der Waals surface area (Å²) in [5.74, 6) is -0.374. The Kier molecular flexibility index (Phi) is 4.10. The normalized spacial score (nSPS) is 11.6. The number of nitriles is 1. The molecule has 0 heterocycles. The molecule has 0 aliphatic heterocycles. The van der Waals surface area contributed by atoms with E-state index in [0.29, 0.717) is 5.56 Å². The Morgan fingerprint density at radius 3 is 2.53 bits per heavy atom. The number of aryl methyl sites for hydroxylation is 1. The number of hydrogen-bond acceptors (Lipinski definition) is 2. The van der Waals surface area contributed by atoms with Crippen LogP contribution in [-0.4, -0.2) is 5.78 Å². The van der Waals surface area contributed by atoms with Crippen LogP contribution in [0.15, 0.2) is 54.6 Å². The van der Waals surface area contributed by atoms with Gasteiger partial charge in [-0.25, -0.2) is 0 Å². The zero-order valence-corrected chi connectivity index (χ0v) is 10.8. The fourth-order valence-corrected chi connectivity index (χ4v) is 2.05. The van der Waals surface area contributed by atoms with Crippen molar-refractivity contribution in [2.45, 2.75) is 19.3 Å². The molecule has 0 fully saturated rings. The summed E-state index contributed by atoms with van der Waals surface area (Å²) in [5.41, 5.74) is 2.67. The van der Waals surface area contributed by atoms with Crippen LogP contribution in [0.1, 0.15) is 33.8 Å². The first-order valence-electron chi connectivity index (χ1n) is 6.25. The molecule has 2 nitrogen and oxygen atoms in total. The summed E-state index contributed by atoms with van der Waals surface area (Å²) in [5, 5.41) is 9.26. The topological polar surface area (TPSA) is 40.9 Å². The van der Waals surface area contributed by atoms with E-state index in [1.165, 1.54) is 0 Å². The molecule has 0 spiro atoms. The predicted molar refractivity (Wildman–Crippen MR) is 74.9 cm³/mol. The van der Waals surface area contributed by atoms with Gasteiger partial charge in [-0.1, -0.05) is 60.2 Å². The van der Waals surface area contributed by atoms with Crippen LogP contribution in [-0.2, 0) is 0 Å². The van der Waals surface area contributed by atoms with Gasteiger partial charge >= 0.3 is 0 Å². The Hall–Kier alpha value is -2.40. The van der Waals surface area contributed by atoms with Gasteiger partial charge in [0.05, 0.1) is 12.0 Å². The maximum Gasteiger partial charge on any atom is 0.164 e. The molecule has 0 aliphatic rings. The molecule has 2 heteroatoms. The lowest BCUT2D eigenvalue weighted by Crippen LogP contribution is -2.06. The molecular weight excluding hydrogens is 234 g/mol. The standard InChI is InChI=1S/C17H15NO/c1-13-6-5-9-15(10-13)16(12-18)11-17(19)14-7-3-2-4-8-14/h2-10,16H,11H2,1H3/t16-/m0/s1. The van der Waals surface area contributed by atoms with E-state index in [4.69, 9.17) is 0 Å². The van der Waals surface area contributed by atoms with E-state index in [2.05, 4.69) is 6.07 Å². The number of rotatable bonds is 4.